The number of ether oxygens (including phenoxy) is 1. The molecule has 0 amide bonds. The fraction of sp³-hybridized carbons (Fsp3) is 0.400. The van der Waals surface area contributed by atoms with Crippen LogP contribution in [0.25, 0.3) is 11.3 Å². The molecule has 2 aromatic rings. The third-order valence-electron chi connectivity index (χ3n) is 3.93. The maximum atomic E-state index is 12.2. The summed E-state index contributed by atoms with van der Waals surface area (Å²) in [6.45, 7) is 4.22. The molecule has 0 fully saturated rings. The van der Waals surface area contributed by atoms with Gasteiger partial charge in [0.25, 0.3) is 0 Å². The van der Waals surface area contributed by atoms with Crippen LogP contribution in [0.3, 0.4) is 0 Å². The largest absolute Gasteiger partial charge is 0.461 e. The van der Waals surface area contributed by atoms with Crippen LogP contribution in [-0.2, 0) is 24.6 Å². The van der Waals surface area contributed by atoms with E-state index in [0.717, 1.165) is 40.9 Å². The van der Waals surface area contributed by atoms with Crippen LogP contribution in [0.2, 0.25) is 0 Å². The summed E-state index contributed by atoms with van der Waals surface area (Å²) in [5.74, 6) is -0.253. The molecule has 1 aliphatic rings. The molecule has 0 unspecified atom stereocenters. The summed E-state index contributed by atoms with van der Waals surface area (Å²) in [5.41, 5.74) is 5.91. The van der Waals surface area contributed by atoms with Crippen molar-refractivity contribution < 1.29 is 9.53 Å². The van der Waals surface area contributed by atoms with E-state index in [1.807, 2.05) is 31.7 Å². The van der Waals surface area contributed by atoms with E-state index in [-0.39, 0.29) is 5.97 Å². The summed E-state index contributed by atoms with van der Waals surface area (Å²) in [6, 6.07) is 0. The van der Waals surface area contributed by atoms with Gasteiger partial charge in [-0.1, -0.05) is 0 Å². The van der Waals surface area contributed by atoms with Crippen LogP contribution in [0.5, 0.6) is 0 Å². The SMILES string of the molecule is CCOC(=O)c1c2c(c(C)n1C)-c1ncncc1CC2. The fourth-order valence-corrected chi connectivity index (χ4v) is 2.92. The van der Waals surface area contributed by atoms with Crippen molar-refractivity contribution in [2.24, 2.45) is 7.05 Å². The Bertz CT molecular complexity index is 689. The number of hydrogen-bond acceptors (Lipinski definition) is 4. The highest BCUT2D eigenvalue weighted by molar-refractivity contribution is 5.94. The lowest BCUT2D eigenvalue weighted by atomic mass is 9.90. The van der Waals surface area contributed by atoms with E-state index in [1.54, 1.807) is 6.33 Å². The van der Waals surface area contributed by atoms with Gasteiger partial charge in [-0.25, -0.2) is 14.8 Å². The van der Waals surface area contributed by atoms with Crippen molar-refractivity contribution in [3.05, 3.63) is 35.0 Å². The number of carbonyl (C=O) groups excluding carboxylic acids is 1. The molecule has 20 heavy (non-hydrogen) atoms. The summed E-state index contributed by atoms with van der Waals surface area (Å²) >= 11 is 0. The topological polar surface area (TPSA) is 57.0 Å². The molecule has 5 heteroatoms. The molecule has 5 nitrogen and oxygen atoms in total. The molecule has 0 bridgehead atoms. The lowest BCUT2D eigenvalue weighted by molar-refractivity contribution is 0.0513. The van der Waals surface area contributed by atoms with Crippen LogP contribution < -0.4 is 0 Å². The zero-order chi connectivity index (χ0) is 14.3. The molecule has 0 atom stereocenters. The molecule has 3 rings (SSSR count). The van der Waals surface area contributed by atoms with E-state index in [0.29, 0.717) is 12.3 Å². The third kappa shape index (κ3) is 1.73. The van der Waals surface area contributed by atoms with Crippen LogP contribution >= 0.6 is 0 Å². The lowest BCUT2D eigenvalue weighted by Crippen LogP contribution is -2.14. The Morgan fingerprint density at radius 3 is 3.00 bits per heavy atom. The van der Waals surface area contributed by atoms with Gasteiger partial charge in [-0.2, -0.15) is 0 Å². The molecule has 0 saturated heterocycles. The second kappa shape index (κ2) is 4.74. The van der Waals surface area contributed by atoms with Gasteiger partial charge in [0, 0.05) is 24.5 Å². The molecule has 0 aliphatic heterocycles. The molecule has 0 aromatic carbocycles. The molecule has 0 saturated carbocycles. The minimum absolute atomic E-state index is 0.253. The number of aromatic nitrogens is 3. The van der Waals surface area contributed by atoms with Gasteiger partial charge in [0.2, 0.25) is 0 Å². The van der Waals surface area contributed by atoms with E-state index < -0.39 is 0 Å². The quantitative estimate of drug-likeness (QED) is 0.785. The molecular weight excluding hydrogens is 254 g/mol. The lowest BCUT2D eigenvalue weighted by Gasteiger charge is -2.16. The number of rotatable bonds is 2. The Balaban J connectivity index is 2.22. The van der Waals surface area contributed by atoms with Gasteiger partial charge in [-0.3, -0.25) is 0 Å². The first-order valence-electron chi connectivity index (χ1n) is 6.79. The number of esters is 1. The Morgan fingerprint density at radius 1 is 1.45 bits per heavy atom. The molecule has 2 heterocycles. The minimum Gasteiger partial charge on any atom is -0.461 e. The third-order valence-corrected chi connectivity index (χ3v) is 3.93. The minimum atomic E-state index is -0.253. The molecule has 0 radical (unpaired) electrons. The van der Waals surface area contributed by atoms with Crippen molar-refractivity contribution in [1.29, 1.82) is 0 Å². The van der Waals surface area contributed by atoms with Gasteiger partial charge < -0.3 is 9.30 Å². The molecule has 1 aliphatic carbocycles. The maximum absolute atomic E-state index is 12.2. The number of hydrogen-bond donors (Lipinski definition) is 0. The first-order valence-corrected chi connectivity index (χ1v) is 6.79. The van der Waals surface area contributed by atoms with Crippen LogP contribution in [0.4, 0.5) is 0 Å². The standard InChI is InChI=1S/C15H17N3O2/c1-4-20-15(19)14-11-6-5-10-7-16-8-17-13(10)12(11)9(2)18(14)3/h7-8H,4-6H2,1-3H3. The van der Waals surface area contributed by atoms with E-state index >= 15 is 0 Å². The predicted octanol–water partition coefficient (Wildman–Crippen LogP) is 2.07. The zero-order valence-corrected chi connectivity index (χ0v) is 11.9. The second-order valence-electron chi connectivity index (χ2n) is 4.96. The smallest absolute Gasteiger partial charge is 0.355 e. The van der Waals surface area contributed by atoms with Gasteiger partial charge in [0.1, 0.15) is 12.0 Å². The Morgan fingerprint density at radius 2 is 2.25 bits per heavy atom. The van der Waals surface area contributed by atoms with Crippen molar-refractivity contribution in [3.8, 4) is 11.3 Å². The molecule has 104 valence electrons. The van der Waals surface area contributed by atoms with E-state index in [9.17, 15) is 4.79 Å². The monoisotopic (exact) mass is 271 g/mol. The first kappa shape index (κ1) is 12.8. The number of aryl methyl sites for hydroxylation is 1. The van der Waals surface area contributed by atoms with E-state index in [1.165, 1.54) is 0 Å². The Labute approximate surface area is 117 Å². The van der Waals surface area contributed by atoms with Crippen molar-refractivity contribution in [2.45, 2.75) is 26.7 Å². The van der Waals surface area contributed by atoms with Crippen LogP contribution in [0.15, 0.2) is 12.5 Å². The summed E-state index contributed by atoms with van der Waals surface area (Å²) in [5, 5.41) is 0. The molecule has 2 aromatic heterocycles. The van der Waals surface area contributed by atoms with Gasteiger partial charge in [-0.05, 0) is 37.8 Å². The highest BCUT2D eigenvalue weighted by atomic mass is 16.5. The van der Waals surface area contributed by atoms with Crippen molar-refractivity contribution in [3.63, 3.8) is 0 Å². The highest BCUT2D eigenvalue weighted by Gasteiger charge is 2.29. The van der Waals surface area contributed by atoms with Gasteiger partial charge in [0.05, 0.1) is 12.3 Å². The second-order valence-corrected chi connectivity index (χ2v) is 4.96. The molecule has 0 N–H and O–H groups in total. The average molecular weight is 271 g/mol. The fourth-order valence-electron chi connectivity index (χ4n) is 2.92. The number of fused-ring (bicyclic) bond motifs is 3. The zero-order valence-electron chi connectivity index (χ0n) is 11.9. The normalized spacial score (nSPS) is 12.8. The summed E-state index contributed by atoms with van der Waals surface area (Å²) in [4.78, 5) is 20.7. The summed E-state index contributed by atoms with van der Waals surface area (Å²) in [7, 11) is 1.90. The molecular formula is C15H17N3O2. The van der Waals surface area contributed by atoms with Gasteiger partial charge in [0.15, 0.2) is 0 Å². The van der Waals surface area contributed by atoms with E-state index in [2.05, 4.69) is 9.97 Å². The summed E-state index contributed by atoms with van der Waals surface area (Å²) in [6.07, 6.45) is 5.11. The first-order chi connectivity index (χ1) is 9.65. The van der Waals surface area contributed by atoms with Gasteiger partial charge >= 0.3 is 5.97 Å². The Hall–Kier alpha value is -2.17. The average Bonchev–Trinajstić information content (AvgIpc) is 2.71. The van der Waals surface area contributed by atoms with Gasteiger partial charge in [-0.15, -0.1) is 0 Å². The maximum Gasteiger partial charge on any atom is 0.355 e. The Kier molecular flexibility index (Phi) is 3.04. The number of carbonyl (C=O) groups is 1. The van der Waals surface area contributed by atoms with Crippen molar-refractivity contribution in [1.82, 2.24) is 14.5 Å². The molecule has 0 spiro atoms. The predicted molar refractivity (Wildman–Crippen MR) is 74.5 cm³/mol. The van der Waals surface area contributed by atoms with Crippen LogP contribution in [-0.4, -0.2) is 27.1 Å². The number of nitrogens with zero attached hydrogens (tertiary/aromatic N) is 3. The van der Waals surface area contributed by atoms with Crippen molar-refractivity contribution >= 4 is 5.97 Å². The van der Waals surface area contributed by atoms with Crippen molar-refractivity contribution in [2.75, 3.05) is 6.61 Å². The van der Waals surface area contributed by atoms with E-state index in [4.69, 9.17) is 4.74 Å². The highest BCUT2D eigenvalue weighted by Crippen LogP contribution is 2.37. The van der Waals surface area contributed by atoms with Crippen LogP contribution in [0.1, 0.15) is 34.2 Å². The van der Waals surface area contributed by atoms with Crippen LogP contribution in [0, 0.1) is 6.92 Å². The summed E-state index contributed by atoms with van der Waals surface area (Å²) < 4.78 is 7.10.